The lowest BCUT2D eigenvalue weighted by molar-refractivity contribution is -0.0118. The smallest absolute Gasteiger partial charge is 0.456 e. The Balaban J connectivity index is 2.34. The molecule has 1 aliphatic heterocycles. The van der Waals surface area contributed by atoms with Crippen molar-refractivity contribution in [1.82, 2.24) is 4.98 Å². The van der Waals surface area contributed by atoms with Crippen molar-refractivity contribution >= 4 is 18.6 Å². The Kier molecular flexibility index (Phi) is 4.61. The van der Waals surface area contributed by atoms with Crippen molar-refractivity contribution in [3.63, 3.8) is 0 Å². The molecule has 126 valence electrons. The second-order valence-corrected chi connectivity index (χ2v) is 7.63. The van der Waals surface area contributed by atoms with Crippen LogP contribution in [0, 0.1) is 0 Å². The van der Waals surface area contributed by atoms with Crippen LogP contribution < -0.4 is 5.46 Å². The highest BCUT2D eigenvalue weighted by atomic mass is 16.7. The largest absolute Gasteiger partial charge is 0.495 e. The predicted octanol–water partition coefficient (Wildman–Crippen LogP) is 2.73. The first-order chi connectivity index (χ1) is 10.5. The molecular weight excluding hydrogens is 293 g/mol. The zero-order valence-electron chi connectivity index (χ0n) is 15.1. The minimum atomic E-state index is -0.611. The average Bonchev–Trinajstić information content (AvgIpc) is 2.68. The lowest BCUT2D eigenvalue weighted by Gasteiger charge is -2.35. The van der Waals surface area contributed by atoms with E-state index in [0.29, 0.717) is 11.0 Å². The summed E-state index contributed by atoms with van der Waals surface area (Å²) in [6.45, 7) is 13.6. The molecule has 0 radical (unpaired) electrons. The van der Waals surface area contributed by atoms with Crippen LogP contribution in [0.2, 0.25) is 0 Å². The van der Waals surface area contributed by atoms with E-state index in [-0.39, 0.29) is 0 Å². The van der Waals surface area contributed by atoms with Gasteiger partial charge in [0.2, 0.25) is 0 Å². The number of carbonyl (C=O) groups excluding carboxylic acids is 1. The first-order valence-corrected chi connectivity index (χ1v) is 8.02. The summed E-state index contributed by atoms with van der Waals surface area (Å²) in [6, 6.07) is 1.75. The molecule has 1 aromatic heterocycles. The number of esters is 1. The molecule has 0 amide bonds. The Morgan fingerprint density at radius 3 is 2.48 bits per heavy atom. The molecule has 1 fully saturated rings. The maximum atomic E-state index is 12.5. The highest BCUT2D eigenvalue weighted by Crippen LogP contribution is 2.39. The Labute approximate surface area is 138 Å². The zero-order valence-corrected chi connectivity index (χ0v) is 15.1. The third-order valence-electron chi connectivity index (χ3n) is 4.44. The van der Waals surface area contributed by atoms with Crippen LogP contribution in [0.15, 0.2) is 18.5 Å². The van der Waals surface area contributed by atoms with Gasteiger partial charge < -0.3 is 14.0 Å². The fourth-order valence-electron chi connectivity index (χ4n) is 2.54. The first kappa shape index (κ1) is 18.0. The first-order valence-electron chi connectivity index (χ1n) is 8.02. The summed E-state index contributed by atoms with van der Waals surface area (Å²) in [5.74, 6) is -0.421. The highest BCUT2D eigenvalue weighted by Gasteiger charge is 2.54. The van der Waals surface area contributed by atoms with Crippen LogP contribution in [0.25, 0.3) is 0 Å². The Morgan fingerprint density at radius 2 is 1.96 bits per heavy atom. The Morgan fingerprint density at radius 1 is 1.30 bits per heavy atom. The van der Waals surface area contributed by atoms with E-state index in [1.807, 2.05) is 41.5 Å². The van der Waals surface area contributed by atoms with Crippen molar-refractivity contribution in [2.45, 2.75) is 71.7 Å². The van der Waals surface area contributed by atoms with E-state index < -0.39 is 29.9 Å². The number of nitrogens with zero attached hydrogens (tertiary/aromatic N) is 1. The van der Waals surface area contributed by atoms with Gasteiger partial charge in [-0.15, -0.1) is 0 Å². The molecule has 5 nitrogen and oxygen atoms in total. The van der Waals surface area contributed by atoms with Gasteiger partial charge >= 0.3 is 13.1 Å². The van der Waals surface area contributed by atoms with E-state index >= 15 is 0 Å². The Hall–Kier alpha value is -1.40. The molecule has 0 aromatic carbocycles. The molecule has 2 heterocycles. The van der Waals surface area contributed by atoms with Gasteiger partial charge in [0.05, 0.1) is 16.8 Å². The second-order valence-electron chi connectivity index (χ2n) is 7.63. The summed E-state index contributed by atoms with van der Waals surface area (Å²) in [5.41, 5.74) is -0.422. The van der Waals surface area contributed by atoms with Gasteiger partial charge in [0.25, 0.3) is 0 Å². The second kappa shape index (κ2) is 5.91. The standard InChI is InChI=1S/C17H26BNO4/c1-8-17(7)16(5,6)22-18(23-17)13-9-10-19-11-12(13)14(20)21-15(2,3)4/h9-11H,8H2,1-7H3. The van der Waals surface area contributed by atoms with Crippen molar-refractivity contribution < 1.29 is 18.8 Å². The van der Waals surface area contributed by atoms with Gasteiger partial charge in [-0.3, -0.25) is 4.98 Å². The van der Waals surface area contributed by atoms with Gasteiger partial charge in [0.1, 0.15) is 5.60 Å². The minimum Gasteiger partial charge on any atom is -0.456 e. The predicted molar refractivity (Wildman–Crippen MR) is 89.7 cm³/mol. The van der Waals surface area contributed by atoms with Crippen LogP contribution in [-0.2, 0) is 14.0 Å². The molecule has 0 N–H and O–H groups in total. The summed E-state index contributed by atoms with van der Waals surface area (Å²) < 4.78 is 17.7. The molecule has 1 aromatic rings. The number of hydrogen-bond acceptors (Lipinski definition) is 5. The van der Waals surface area contributed by atoms with Gasteiger partial charge in [-0.25, -0.2) is 4.79 Å². The number of aromatic nitrogens is 1. The van der Waals surface area contributed by atoms with Crippen LogP contribution in [-0.4, -0.2) is 34.9 Å². The van der Waals surface area contributed by atoms with Crippen molar-refractivity contribution in [2.24, 2.45) is 0 Å². The van der Waals surface area contributed by atoms with Crippen molar-refractivity contribution in [1.29, 1.82) is 0 Å². The molecule has 1 aliphatic rings. The molecule has 0 aliphatic carbocycles. The summed E-state index contributed by atoms with van der Waals surface area (Å²) in [7, 11) is -0.611. The van der Waals surface area contributed by atoms with Gasteiger partial charge in [0.15, 0.2) is 0 Å². The minimum absolute atomic E-state index is 0.378. The van der Waals surface area contributed by atoms with E-state index in [0.717, 1.165) is 6.42 Å². The van der Waals surface area contributed by atoms with Gasteiger partial charge in [-0.2, -0.15) is 0 Å². The molecule has 1 saturated heterocycles. The Bertz CT molecular complexity index is 597. The van der Waals surface area contributed by atoms with Crippen LogP contribution in [0.4, 0.5) is 0 Å². The van der Waals surface area contributed by atoms with Crippen molar-refractivity contribution in [3.8, 4) is 0 Å². The van der Waals surface area contributed by atoms with Crippen LogP contribution in [0.3, 0.4) is 0 Å². The summed E-state index contributed by atoms with van der Waals surface area (Å²) in [5, 5.41) is 0. The fraction of sp³-hybridized carbons (Fsp3) is 0.647. The maximum Gasteiger partial charge on any atom is 0.495 e. The topological polar surface area (TPSA) is 57.7 Å². The molecule has 1 unspecified atom stereocenters. The number of hydrogen-bond donors (Lipinski definition) is 0. The van der Waals surface area contributed by atoms with Crippen molar-refractivity contribution in [3.05, 3.63) is 24.0 Å². The molecule has 0 saturated carbocycles. The molecule has 1 atom stereocenters. The molecular formula is C17H26BNO4. The summed E-state index contributed by atoms with van der Waals surface area (Å²) >= 11 is 0. The van der Waals surface area contributed by atoms with E-state index in [9.17, 15) is 4.79 Å². The molecule has 6 heteroatoms. The number of rotatable bonds is 3. The monoisotopic (exact) mass is 319 g/mol. The number of pyridine rings is 1. The van der Waals surface area contributed by atoms with Crippen LogP contribution >= 0.6 is 0 Å². The van der Waals surface area contributed by atoms with Gasteiger partial charge in [-0.05, 0) is 54.0 Å². The van der Waals surface area contributed by atoms with E-state index in [4.69, 9.17) is 14.0 Å². The zero-order chi connectivity index (χ0) is 17.5. The van der Waals surface area contributed by atoms with Crippen molar-refractivity contribution in [2.75, 3.05) is 0 Å². The summed E-state index contributed by atoms with van der Waals surface area (Å²) in [6.07, 6.45) is 3.94. The number of ether oxygens (including phenoxy) is 1. The quantitative estimate of drug-likeness (QED) is 0.633. The van der Waals surface area contributed by atoms with Crippen LogP contribution in [0.1, 0.15) is 65.2 Å². The molecule has 2 rings (SSSR count). The molecule has 0 bridgehead atoms. The van der Waals surface area contributed by atoms with E-state index in [2.05, 4.69) is 11.9 Å². The van der Waals surface area contributed by atoms with Gasteiger partial charge in [-0.1, -0.05) is 6.92 Å². The molecule has 23 heavy (non-hydrogen) atoms. The lowest BCUT2D eigenvalue weighted by atomic mass is 9.76. The summed E-state index contributed by atoms with van der Waals surface area (Å²) in [4.78, 5) is 16.5. The normalized spacial score (nSPS) is 23.9. The average molecular weight is 319 g/mol. The maximum absolute atomic E-state index is 12.5. The molecule has 0 spiro atoms. The van der Waals surface area contributed by atoms with Crippen LogP contribution in [0.5, 0.6) is 0 Å². The number of carbonyl (C=O) groups is 1. The lowest BCUT2D eigenvalue weighted by Crippen LogP contribution is -2.44. The SMILES string of the molecule is CCC1(C)OB(c2ccncc2C(=O)OC(C)(C)C)OC1(C)C. The third-order valence-corrected chi connectivity index (χ3v) is 4.44. The highest BCUT2D eigenvalue weighted by molar-refractivity contribution is 6.63. The van der Waals surface area contributed by atoms with E-state index in [1.165, 1.54) is 6.20 Å². The van der Waals surface area contributed by atoms with E-state index in [1.54, 1.807) is 12.3 Å². The fourth-order valence-corrected chi connectivity index (χ4v) is 2.54. The van der Waals surface area contributed by atoms with Gasteiger partial charge in [0, 0.05) is 17.9 Å². The third kappa shape index (κ3) is 3.58.